The second-order valence-corrected chi connectivity index (χ2v) is 7.15. The molecular formula is C17H19F2N3OS. The van der Waals surface area contributed by atoms with Gasteiger partial charge in [0.05, 0.1) is 0 Å². The zero-order valence-corrected chi connectivity index (χ0v) is 14.2. The first-order valence-electron chi connectivity index (χ1n) is 7.98. The van der Waals surface area contributed by atoms with E-state index in [9.17, 15) is 13.6 Å². The lowest BCUT2D eigenvalue weighted by Gasteiger charge is -2.32. The maximum Gasteiger partial charge on any atom is 0.257 e. The third-order valence-corrected chi connectivity index (χ3v) is 5.15. The summed E-state index contributed by atoms with van der Waals surface area (Å²) >= 11 is 1.41. The Balaban J connectivity index is 1.62. The van der Waals surface area contributed by atoms with Crippen LogP contribution in [0.4, 0.5) is 13.9 Å². The minimum absolute atomic E-state index is 0.0651. The number of nitrogens with zero attached hydrogens (tertiary/aromatic N) is 2. The number of rotatable bonds is 4. The highest BCUT2D eigenvalue weighted by molar-refractivity contribution is 7.15. The lowest BCUT2D eigenvalue weighted by Crippen LogP contribution is -2.36. The Morgan fingerprint density at radius 2 is 2.21 bits per heavy atom. The Hall–Kier alpha value is -1.86. The predicted octanol–water partition coefficient (Wildman–Crippen LogP) is 4.05. The van der Waals surface area contributed by atoms with Crippen LogP contribution in [0, 0.1) is 11.6 Å². The Kier molecular flexibility index (Phi) is 5.20. The van der Waals surface area contributed by atoms with E-state index in [-0.39, 0.29) is 5.56 Å². The maximum absolute atomic E-state index is 13.2. The number of hydrogen-bond acceptors (Lipinski definition) is 4. The van der Waals surface area contributed by atoms with E-state index in [0.29, 0.717) is 11.2 Å². The van der Waals surface area contributed by atoms with Crippen molar-refractivity contribution in [2.75, 3.05) is 11.9 Å². The minimum atomic E-state index is -1.04. The number of benzene rings is 1. The van der Waals surface area contributed by atoms with E-state index in [1.165, 1.54) is 36.7 Å². The Morgan fingerprint density at radius 1 is 1.38 bits per heavy atom. The van der Waals surface area contributed by atoms with Gasteiger partial charge in [0.15, 0.2) is 16.8 Å². The van der Waals surface area contributed by atoms with Gasteiger partial charge in [0.2, 0.25) is 0 Å². The normalized spacial score (nSPS) is 18.5. The molecule has 2 aromatic rings. The summed E-state index contributed by atoms with van der Waals surface area (Å²) in [7, 11) is 0. The van der Waals surface area contributed by atoms with E-state index in [1.54, 1.807) is 6.20 Å². The second-order valence-electron chi connectivity index (χ2n) is 6.03. The molecule has 0 saturated carbocycles. The number of hydrogen-bond donors (Lipinski definition) is 1. The topological polar surface area (TPSA) is 45.2 Å². The molecule has 0 aliphatic carbocycles. The van der Waals surface area contributed by atoms with Gasteiger partial charge in [-0.2, -0.15) is 0 Å². The van der Waals surface area contributed by atoms with Crippen LogP contribution in [0.25, 0.3) is 0 Å². The van der Waals surface area contributed by atoms with Crippen molar-refractivity contribution in [2.24, 2.45) is 0 Å². The summed E-state index contributed by atoms with van der Waals surface area (Å²) in [6.45, 7) is 4.13. The third-order valence-electron chi connectivity index (χ3n) is 4.26. The van der Waals surface area contributed by atoms with Crippen LogP contribution in [0.5, 0.6) is 0 Å². The summed E-state index contributed by atoms with van der Waals surface area (Å²) in [5.74, 6) is -2.51. The molecule has 0 radical (unpaired) electrons. The number of piperidine rings is 1. The highest BCUT2D eigenvalue weighted by Crippen LogP contribution is 2.24. The largest absolute Gasteiger partial charge is 0.298 e. The number of amides is 1. The molecule has 0 spiro atoms. The van der Waals surface area contributed by atoms with Crippen LogP contribution in [-0.2, 0) is 6.54 Å². The summed E-state index contributed by atoms with van der Waals surface area (Å²) in [6.07, 6.45) is 5.45. The number of carbonyl (C=O) groups excluding carboxylic acids is 1. The molecule has 1 unspecified atom stereocenters. The fourth-order valence-electron chi connectivity index (χ4n) is 2.84. The molecule has 7 heteroatoms. The summed E-state index contributed by atoms with van der Waals surface area (Å²) in [6, 6.07) is 3.63. The summed E-state index contributed by atoms with van der Waals surface area (Å²) in [5, 5.41) is 3.10. The van der Waals surface area contributed by atoms with Crippen molar-refractivity contribution >= 4 is 22.4 Å². The summed E-state index contributed by atoms with van der Waals surface area (Å²) in [4.78, 5) is 19.8. The number of carbonyl (C=O) groups is 1. The highest BCUT2D eigenvalue weighted by atomic mass is 32.1. The molecule has 128 valence electrons. The molecule has 1 aliphatic heterocycles. The summed E-state index contributed by atoms with van der Waals surface area (Å²) in [5.41, 5.74) is 0.0651. The van der Waals surface area contributed by atoms with E-state index >= 15 is 0 Å². The molecule has 3 rings (SSSR count). The molecule has 24 heavy (non-hydrogen) atoms. The molecule has 1 fully saturated rings. The van der Waals surface area contributed by atoms with Crippen LogP contribution < -0.4 is 5.32 Å². The monoisotopic (exact) mass is 351 g/mol. The van der Waals surface area contributed by atoms with Crippen LogP contribution in [0.3, 0.4) is 0 Å². The number of anilines is 1. The lowest BCUT2D eigenvalue weighted by atomic mass is 10.0. The molecule has 0 bridgehead atoms. The number of likely N-dealkylation sites (tertiary alicyclic amines) is 1. The second kappa shape index (κ2) is 7.36. The van der Waals surface area contributed by atoms with E-state index < -0.39 is 17.5 Å². The molecule has 1 aromatic heterocycles. The predicted molar refractivity (Wildman–Crippen MR) is 90.1 cm³/mol. The fourth-order valence-corrected chi connectivity index (χ4v) is 3.67. The van der Waals surface area contributed by atoms with E-state index in [0.717, 1.165) is 30.1 Å². The minimum Gasteiger partial charge on any atom is -0.298 e. The molecule has 1 aliphatic rings. The smallest absolute Gasteiger partial charge is 0.257 e. The van der Waals surface area contributed by atoms with Gasteiger partial charge in [-0.05, 0) is 44.5 Å². The molecular weight excluding hydrogens is 332 g/mol. The third kappa shape index (κ3) is 3.96. The van der Waals surface area contributed by atoms with E-state index in [2.05, 4.69) is 22.1 Å². The maximum atomic E-state index is 13.2. The van der Waals surface area contributed by atoms with Crippen molar-refractivity contribution < 1.29 is 13.6 Å². The van der Waals surface area contributed by atoms with Gasteiger partial charge in [0.25, 0.3) is 5.91 Å². The number of thiazole rings is 1. The van der Waals surface area contributed by atoms with Gasteiger partial charge in [-0.15, -0.1) is 11.3 Å². The molecule has 1 saturated heterocycles. The first kappa shape index (κ1) is 17.0. The van der Waals surface area contributed by atoms with Gasteiger partial charge in [0, 0.05) is 29.2 Å². The van der Waals surface area contributed by atoms with Crippen molar-refractivity contribution in [2.45, 2.75) is 38.8 Å². The average Bonchev–Trinajstić information content (AvgIpc) is 2.99. The summed E-state index contributed by atoms with van der Waals surface area (Å²) < 4.78 is 26.1. The number of nitrogens with one attached hydrogen (secondary N) is 1. The Bertz CT molecular complexity index is 734. The van der Waals surface area contributed by atoms with Gasteiger partial charge >= 0.3 is 0 Å². The quantitative estimate of drug-likeness (QED) is 0.904. The van der Waals surface area contributed by atoms with Crippen LogP contribution in [-0.4, -0.2) is 28.4 Å². The first-order valence-corrected chi connectivity index (χ1v) is 8.80. The molecule has 2 heterocycles. The number of halogens is 2. The molecule has 4 nitrogen and oxygen atoms in total. The Labute approximate surface area is 143 Å². The van der Waals surface area contributed by atoms with Crippen molar-refractivity contribution in [1.82, 2.24) is 9.88 Å². The Morgan fingerprint density at radius 3 is 2.96 bits per heavy atom. The van der Waals surface area contributed by atoms with Crippen molar-refractivity contribution in [3.8, 4) is 0 Å². The molecule has 1 N–H and O–H groups in total. The fraction of sp³-hybridized carbons (Fsp3) is 0.412. The van der Waals surface area contributed by atoms with Crippen molar-refractivity contribution in [3.63, 3.8) is 0 Å². The van der Waals surface area contributed by atoms with Crippen LogP contribution in [0.2, 0.25) is 0 Å². The zero-order chi connectivity index (χ0) is 17.1. The lowest BCUT2D eigenvalue weighted by molar-refractivity contribution is 0.102. The van der Waals surface area contributed by atoms with Gasteiger partial charge in [-0.25, -0.2) is 13.8 Å². The highest BCUT2D eigenvalue weighted by Gasteiger charge is 2.19. The van der Waals surface area contributed by atoms with Gasteiger partial charge in [0.1, 0.15) is 0 Å². The van der Waals surface area contributed by atoms with E-state index in [4.69, 9.17) is 0 Å². The molecule has 1 aromatic carbocycles. The zero-order valence-electron chi connectivity index (χ0n) is 13.4. The van der Waals surface area contributed by atoms with Crippen molar-refractivity contribution in [3.05, 3.63) is 46.5 Å². The number of aromatic nitrogens is 1. The molecule has 1 atom stereocenters. The molecule has 1 amide bonds. The first-order chi connectivity index (χ1) is 11.5. The average molecular weight is 351 g/mol. The van der Waals surface area contributed by atoms with Gasteiger partial charge in [-0.3, -0.25) is 15.0 Å². The van der Waals surface area contributed by atoms with Crippen LogP contribution in [0.15, 0.2) is 24.4 Å². The van der Waals surface area contributed by atoms with Crippen LogP contribution in [0.1, 0.15) is 41.4 Å². The van der Waals surface area contributed by atoms with Crippen molar-refractivity contribution in [1.29, 1.82) is 0 Å². The van der Waals surface area contributed by atoms with Gasteiger partial charge < -0.3 is 0 Å². The van der Waals surface area contributed by atoms with Crippen LogP contribution >= 0.6 is 11.3 Å². The SMILES string of the molecule is CC1CCCCN1Cc1cnc(NC(=O)c2ccc(F)c(F)c2)s1. The van der Waals surface area contributed by atoms with E-state index in [1.807, 2.05) is 0 Å². The van der Waals surface area contributed by atoms with Gasteiger partial charge in [-0.1, -0.05) is 6.42 Å². The standard InChI is InChI=1S/C17H19F2N3OS/c1-11-4-2-3-7-22(11)10-13-9-20-17(24-13)21-16(23)12-5-6-14(18)15(19)8-12/h5-6,8-9,11H,2-4,7,10H2,1H3,(H,20,21,23).